The highest BCUT2D eigenvalue weighted by Crippen LogP contribution is 2.37. The molecule has 0 radical (unpaired) electrons. The summed E-state index contributed by atoms with van der Waals surface area (Å²) in [6.07, 6.45) is 5.77. The second-order valence-electron chi connectivity index (χ2n) is 8.59. The van der Waals surface area contributed by atoms with Crippen molar-refractivity contribution in [1.29, 1.82) is 0 Å². The number of nitrogens with zero attached hydrogens (tertiary/aromatic N) is 2. The smallest absolute Gasteiger partial charge is 0.227 e. The lowest BCUT2D eigenvalue weighted by Gasteiger charge is -2.41. The molecule has 4 rings (SSSR count). The molecule has 0 aliphatic carbocycles. The Bertz CT molecular complexity index is 666. The molecule has 0 aromatic heterocycles. The number of halogens is 1. The van der Waals surface area contributed by atoms with Crippen molar-refractivity contribution in [3.05, 3.63) is 35.9 Å². The van der Waals surface area contributed by atoms with Crippen molar-refractivity contribution in [2.75, 3.05) is 39.3 Å². The molecule has 3 fully saturated rings. The van der Waals surface area contributed by atoms with E-state index in [0.29, 0.717) is 18.4 Å². The summed E-state index contributed by atoms with van der Waals surface area (Å²) in [5.74, 6) is 0.399. The molecule has 28 heavy (non-hydrogen) atoms. The normalized spacial score (nSPS) is 24.1. The molecular weight excluding hydrogens is 374 g/mol. The summed E-state index contributed by atoms with van der Waals surface area (Å²) in [5, 5.41) is 3.48. The van der Waals surface area contributed by atoms with Gasteiger partial charge >= 0.3 is 0 Å². The van der Waals surface area contributed by atoms with Gasteiger partial charge in [-0.2, -0.15) is 0 Å². The third-order valence-corrected chi connectivity index (χ3v) is 6.79. The second-order valence-corrected chi connectivity index (χ2v) is 8.59. The van der Waals surface area contributed by atoms with E-state index in [4.69, 9.17) is 0 Å². The van der Waals surface area contributed by atoms with E-state index in [-0.39, 0.29) is 30.1 Å². The third-order valence-electron chi connectivity index (χ3n) is 6.79. The van der Waals surface area contributed by atoms with Gasteiger partial charge < -0.3 is 15.1 Å². The number of nitrogens with one attached hydrogen (secondary N) is 1. The van der Waals surface area contributed by atoms with Crippen LogP contribution in [0.1, 0.15) is 37.7 Å². The van der Waals surface area contributed by atoms with Gasteiger partial charge in [-0.15, -0.1) is 12.4 Å². The number of piperidine rings is 2. The maximum Gasteiger partial charge on any atom is 0.227 e. The van der Waals surface area contributed by atoms with Gasteiger partial charge in [-0.25, -0.2) is 0 Å². The lowest BCUT2D eigenvalue weighted by molar-refractivity contribution is -0.142. The van der Waals surface area contributed by atoms with E-state index in [1.54, 1.807) is 0 Å². The number of likely N-dealkylation sites (tertiary alicyclic amines) is 2. The lowest BCUT2D eigenvalue weighted by Crippen LogP contribution is -2.50. The fourth-order valence-corrected chi connectivity index (χ4v) is 4.97. The quantitative estimate of drug-likeness (QED) is 0.840. The molecule has 3 aliphatic rings. The summed E-state index contributed by atoms with van der Waals surface area (Å²) in [6, 6.07) is 9.88. The van der Waals surface area contributed by atoms with Crippen LogP contribution in [0.15, 0.2) is 30.3 Å². The Morgan fingerprint density at radius 2 is 1.79 bits per heavy atom. The van der Waals surface area contributed by atoms with Gasteiger partial charge in [-0.05, 0) is 49.6 Å². The SMILES string of the molecule is Cl.O=C(Cc1ccccc1)N1CCCC(C(=O)N2CCC3(CCNC3)CC2)C1. The van der Waals surface area contributed by atoms with Crippen molar-refractivity contribution in [3.63, 3.8) is 0 Å². The second kappa shape index (κ2) is 9.27. The predicted octanol–water partition coefficient (Wildman–Crippen LogP) is 2.49. The molecule has 0 bridgehead atoms. The van der Waals surface area contributed by atoms with Gasteiger partial charge in [0, 0.05) is 32.7 Å². The standard InChI is InChI=1S/C22H31N3O2.ClH/c26-20(15-18-5-2-1-3-6-18)25-12-4-7-19(16-25)21(27)24-13-9-22(10-14-24)8-11-23-17-22;/h1-3,5-6,19,23H,4,7-17H2;1H. The van der Waals surface area contributed by atoms with E-state index in [1.165, 1.54) is 6.42 Å². The van der Waals surface area contributed by atoms with Crippen LogP contribution in [-0.2, 0) is 16.0 Å². The molecule has 3 saturated heterocycles. The molecule has 1 aromatic rings. The first-order chi connectivity index (χ1) is 13.2. The van der Waals surface area contributed by atoms with Gasteiger partial charge in [0.15, 0.2) is 0 Å². The molecule has 1 atom stereocenters. The summed E-state index contributed by atoms with van der Waals surface area (Å²) < 4.78 is 0. The van der Waals surface area contributed by atoms with Gasteiger partial charge in [-0.3, -0.25) is 9.59 Å². The van der Waals surface area contributed by atoms with Crippen molar-refractivity contribution < 1.29 is 9.59 Å². The Morgan fingerprint density at radius 1 is 1.04 bits per heavy atom. The predicted molar refractivity (Wildman–Crippen MR) is 112 cm³/mol. The number of amides is 2. The zero-order valence-electron chi connectivity index (χ0n) is 16.6. The van der Waals surface area contributed by atoms with Crippen molar-refractivity contribution in [1.82, 2.24) is 15.1 Å². The van der Waals surface area contributed by atoms with E-state index in [1.807, 2.05) is 35.2 Å². The highest BCUT2D eigenvalue weighted by atomic mass is 35.5. The van der Waals surface area contributed by atoms with Crippen LogP contribution in [0.25, 0.3) is 0 Å². The maximum atomic E-state index is 13.1. The van der Waals surface area contributed by atoms with E-state index in [0.717, 1.165) is 64.0 Å². The van der Waals surface area contributed by atoms with Crippen LogP contribution in [0.5, 0.6) is 0 Å². The van der Waals surface area contributed by atoms with Crippen LogP contribution in [0.3, 0.4) is 0 Å². The van der Waals surface area contributed by atoms with Crippen LogP contribution in [0.4, 0.5) is 0 Å². The molecule has 3 aliphatic heterocycles. The topological polar surface area (TPSA) is 52.7 Å². The molecule has 1 spiro atoms. The Hall–Kier alpha value is -1.59. The Kier molecular flexibility index (Phi) is 7.00. The Morgan fingerprint density at radius 3 is 2.46 bits per heavy atom. The van der Waals surface area contributed by atoms with Crippen LogP contribution < -0.4 is 5.32 Å². The van der Waals surface area contributed by atoms with Crippen molar-refractivity contribution in [3.8, 4) is 0 Å². The minimum atomic E-state index is -0.0192. The molecule has 0 saturated carbocycles. The monoisotopic (exact) mass is 405 g/mol. The molecule has 1 aromatic carbocycles. The molecular formula is C22H32ClN3O2. The minimum absolute atomic E-state index is 0. The average Bonchev–Trinajstić information content (AvgIpc) is 3.17. The molecule has 1 N–H and O–H groups in total. The number of rotatable bonds is 3. The van der Waals surface area contributed by atoms with Crippen LogP contribution in [0, 0.1) is 11.3 Å². The first-order valence-electron chi connectivity index (χ1n) is 10.5. The number of carbonyl (C=O) groups excluding carboxylic acids is 2. The molecule has 5 nitrogen and oxygen atoms in total. The van der Waals surface area contributed by atoms with Gasteiger partial charge in [0.1, 0.15) is 0 Å². The maximum absolute atomic E-state index is 13.1. The van der Waals surface area contributed by atoms with Crippen LogP contribution in [0.2, 0.25) is 0 Å². The molecule has 1 unspecified atom stereocenters. The van der Waals surface area contributed by atoms with Crippen molar-refractivity contribution in [2.24, 2.45) is 11.3 Å². The number of benzene rings is 1. The molecule has 3 heterocycles. The minimum Gasteiger partial charge on any atom is -0.342 e. The Labute approximate surface area is 174 Å². The van der Waals surface area contributed by atoms with E-state index >= 15 is 0 Å². The fourth-order valence-electron chi connectivity index (χ4n) is 4.97. The summed E-state index contributed by atoms with van der Waals surface area (Å²) >= 11 is 0. The summed E-state index contributed by atoms with van der Waals surface area (Å²) in [4.78, 5) is 29.7. The highest BCUT2D eigenvalue weighted by molar-refractivity contribution is 5.85. The number of hydrogen-bond donors (Lipinski definition) is 1. The first-order valence-corrected chi connectivity index (χ1v) is 10.5. The number of carbonyl (C=O) groups is 2. The zero-order chi connectivity index (χ0) is 18.7. The lowest BCUT2D eigenvalue weighted by atomic mass is 9.77. The average molecular weight is 406 g/mol. The zero-order valence-corrected chi connectivity index (χ0v) is 17.4. The van der Waals surface area contributed by atoms with Gasteiger partial charge in [-0.1, -0.05) is 30.3 Å². The summed E-state index contributed by atoms with van der Waals surface area (Å²) in [6.45, 7) is 5.37. The summed E-state index contributed by atoms with van der Waals surface area (Å²) in [5.41, 5.74) is 1.48. The van der Waals surface area contributed by atoms with Gasteiger partial charge in [0.05, 0.1) is 12.3 Å². The van der Waals surface area contributed by atoms with Crippen LogP contribution >= 0.6 is 12.4 Å². The largest absolute Gasteiger partial charge is 0.342 e. The Balaban J connectivity index is 0.00000225. The highest BCUT2D eigenvalue weighted by Gasteiger charge is 2.40. The fraction of sp³-hybridized carbons (Fsp3) is 0.636. The number of hydrogen-bond acceptors (Lipinski definition) is 3. The molecule has 2 amide bonds. The molecule has 6 heteroatoms. The first kappa shape index (κ1) is 21.1. The van der Waals surface area contributed by atoms with E-state index in [9.17, 15) is 9.59 Å². The van der Waals surface area contributed by atoms with E-state index < -0.39 is 0 Å². The van der Waals surface area contributed by atoms with Crippen molar-refractivity contribution >= 4 is 24.2 Å². The summed E-state index contributed by atoms with van der Waals surface area (Å²) in [7, 11) is 0. The van der Waals surface area contributed by atoms with Crippen molar-refractivity contribution in [2.45, 2.75) is 38.5 Å². The molecule has 154 valence electrons. The van der Waals surface area contributed by atoms with E-state index in [2.05, 4.69) is 10.2 Å². The third kappa shape index (κ3) is 4.69. The van der Waals surface area contributed by atoms with Crippen LogP contribution in [-0.4, -0.2) is 60.9 Å². The van der Waals surface area contributed by atoms with Gasteiger partial charge in [0.25, 0.3) is 0 Å². The van der Waals surface area contributed by atoms with Gasteiger partial charge in [0.2, 0.25) is 11.8 Å².